The number of amides is 3. The second-order valence-electron chi connectivity index (χ2n) is 9.36. The Hall–Kier alpha value is -2.88. The van der Waals surface area contributed by atoms with Gasteiger partial charge in [0.05, 0.1) is 6.61 Å². The van der Waals surface area contributed by atoms with Crippen LogP contribution in [-0.2, 0) is 16.0 Å². The number of H-pyrrole nitrogens is 1. The maximum atomic E-state index is 13.8. The second-order valence-corrected chi connectivity index (χ2v) is 10.3. The SMILES string of the molecule is COCCNCCCN1C(=O)N2[C@H](c3cccc(O)c3)c3[nH]c4ccc(Br)cc4c3C[C@@]2(C)C1=O. The molecular weight excluding hydrogens is 512 g/mol. The van der Waals surface area contributed by atoms with Gasteiger partial charge in [0.2, 0.25) is 0 Å². The van der Waals surface area contributed by atoms with Gasteiger partial charge in [-0.05, 0) is 61.3 Å². The van der Waals surface area contributed by atoms with Gasteiger partial charge in [0.25, 0.3) is 5.91 Å². The Morgan fingerprint density at radius 2 is 2.06 bits per heavy atom. The largest absolute Gasteiger partial charge is 0.508 e. The molecule has 0 bridgehead atoms. The van der Waals surface area contributed by atoms with E-state index in [0.29, 0.717) is 32.5 Å². The van der Waals surface area contributed by atoms with Gasteiger partial charge in [0, 0.05) is 47.7 Å². The van der Waals surface area contributed by atoms with Crippen molar-refractivity contribution < 1.29 is 19.4 Å². The van der Waals surface area contributed by atoms with Crippen molar-refractivity contribution in [1.82, 2.24) is 20.1 Å². The number of methoxy groups -OCH3 is 1. The zero-order chi connectivity index (χ0) is 24.7. The van der Waals surface area contributed by atoms with Gasteiger partial charge in [-0.2, -0.15) is 0 Å². The number of fused-ring (bicyclic) bond motifs is 4. The number of imide groups is 1. The number of rotatable bonds is 8. The summed E-state index contributed by atoms with van der Waals surface area (Å²) in [4.78, 5) is 34.2. The van der Waals surface area contributed by atoms with E-state index in [2.05, 4.69) is 26.2 Å². The number of urea groups is 1. The van der Waals surface area contributed by atoms with E-state index in [1.54, 1.807) is 30.2 Å². The monoisotopic (exact) mass is 540 g/mol. The molecule has 8 nitrogen and oxygen atoms in total. The fraction of sp³-hybridized carbons (Fsp3) is 0.385. The molecule has 3 N–H and O–H groups in total. The summed E-state index contributed by atoms with van der Waals surface area (Å²) in [5.41, 5.74) is 2.59. The maximum Gasteiger partial charge on any atom is 0.328 e. The Morgan fingerprint density at radius 3 is 2.83 bits per heavy atom. The number of aromatic amines is 1. The Morgan fingerprint density at radius 1 is 1.23 bits per heavy atom. The van der Waals surface area contributed by atoms with Crippen molar-refractivity contribution in [3.05, 3.63) is 63.8 Å². The molecule has 1 saturated heterocycles. The number of phenols is 1. The van der Waals surface area contributed by atoms with Gasteiger partial charge in [0.1, 0.15) is 17.3 Å². The van der Waals surface area contributed by atoms with E-state index in [-0.39, 0.29) is 17.7 Å². The molecule has 2 atom stereocenters. The van der Waals surface area contributed by atoms with Gasteiger partial charge in [-0.25, -0.2) is 4.79 Å². The molecule has 0 aliphatic carbocycles. The van der Waals surface area contributed by atoms with E-state index in [1.165, 1.54) is 4.90 Å². The molecular formula is C26H29BrN4O4. The van der Waals surface area contributed by atoms with Crippen LogP contribution in [0.2, 0.25) is 0 Å². The molecule has 1 fully saturated rings. The predicted octanol–water partition coefficient (Wildman–Crippen LogP) is 3.93. The number of phenolic OH excluding ortho intramolecular Hbond substituents is 1. The molecule has 9 heteroatoms. The summed E-state index contributed by atoms with van der Waals surface area (Å²) in [5.74, 6) is -0.0633. The Bertz CT molecular complexity index is 1290. The molecule has 0 radical (unpaired) electrons. The molecule has 2 aromatic carbocycles. The molecule has 0 unspecified atom stereocenters. The van der Waals surface area contributed by atoms with Crippen molar-refractivity contribution in [2.75, 3.05) is 33.4 Å². The quantitative estimate of drug-likeness (QED) is 0.297. The van der Waals surface area contributed by atoms with Crippen LogP contribution >= 0.6 is 15.9 Å². The zero-order valence-electron chi connectivity index (χ0n) is 19.8. The van der Waals surface area contributed by atoms with Crippen LogP contribution in [0.3, 0.4) is 0 Å². The first-order valence-corrected chi connectivity index (χ1v) is 12.6. The molecule has 0 spiro atoms. The predicted molar refractivity (Wildman–Crippen MR) is 136 cm³/mol. The number of nitrogens with zero attached hydrogens (tertiary/aromatic N) is 2. The minimum absolute atomic E-state index is 0.118. The van der Waals surface area contributed by atoms with Gasteiger partial charge in [-0.15, -0.1) is 0 Å². The zero-order valence-corrected chi connectivity index (χ0v) is 21.4. The normalized spacial score (nSPS) is 21.6. The number of aromatic nitrogens is 1. The van der Waals surface area contributed by atoms with Gasteiger partial charge >= 0.3 is 6.03 Å². The number of carbonyl (C=O) groups excluding carboxylic acids is 2. The lowest BCUT2D eigenvalue weighted by atomic mass is 9.81. The third-order valence-electron chi connectivity index (χ3n) is 7.03. The van der Waals surface area contributed by atoms with E-state index < -0.39 is 11.6 Å². The molecule has 5 rings (SSSR count). The van der Waals surface area contributed by atoms with E-state index >= 15 is 0 Å². The van der Waals surface area contributed by atoms with E-state index in [0.717, 1.165) is 38.7 Å². The Labute approximate surface area is 212 Å². The third-order valence-corrected chi connectivity index (χ3v) is 7.53. The lowest BCUT2D eigenvalue weighted by molar-refractivity contribution is -0.133. The maximum absolute atomic E-state index is 13.8. The van der Waals surface area contributed by atoms with Crippen LogP contribution in [0.15, 0.2) is 46.9 Å². The fourth-order valence-corrected chi connectivity index (χ4v) is 5.75. The molecule has 3 heterocycles. The molecule has 3 aromatic rings. The summed E-state index contributed by atoms with van der Waals surface area (Å²) in [7, 11) is 1.65. The molecule has 2 aliphatic rings. The smallest absolute Gasteiger partial charge is 0.328 e. The molecule has 1 aromatic heterocycles. The first-order valence-electron chi connectivity index (χ1n) is 11.8. The summed E-state index contributed by atoms with van der Waals surface area (Å²) < 4.78 is 5.99. The average molecular weight is 541 g/mol. The summed E-state index contributed by atoms with van der Waals surface area (Å²) in [5, 5.41) is 14.5. The second kappa shape index (κ2) is 9.29. The molecule has 2 aliphatic heterocycles. The number of ether oxygens (including phenoxy) is 1. The van der Waals surface area contributed by atoms with Crippen LogP contribution in [-0.4, -0.2) is 70.7 Å². The van der Waals surface area contributed by atoms with Crippen LogP contribution in [0.5, 0.6) is 5.75 Å². The highest BCUT2D eigenvalue weighted by atomic mass is 79.9. The van der Waals surface area contributed by atoms with Crippen LogP contribution < -0.4 is 5.32 Å². The Kier molecular flexibility index (Phi) is 6.33. The van der Waals surface area contributed by atoms with Crippen molar-refractivity contribution in [1.29, 1.82) is 0 Å². The number of aromatic hydroxyl groups is 1. The summed E-state index contributed by atoms with van der Waals surface area (Å²) >= 11 is 3.57. The number of hydrogen-bond acceptors (Lipinski definition) is 5. The third kappa shape index (κ3) is 4.01. The van der Waals surface area contributed by atoms with E-state index in [4.69, 9.17) is 4.74 Å². The molecule has 0 saturated carbocycles. The standard InChI is InChI=1S/C26H29BrN4O4/c1-26-15-20-19-14-17(27)7-8-21(19)29-22(20)23(16-5-3-6-18(32)13-16)31(26)25(34)30(24(26)33)11-4-9-28-10-12-35-2/h3,5-8,13-14,23,28-29,32H,4,9-12,15H2,1-2H3/t23-,26+/m1/s1. The number of nitrogens with one attached hydrogen (secondary N) is 2. The Balaban J connectivity index is 1.54. The van der Waals surface area contributed by atoms with E-state index in [9.17, 15) is 14.7 Å². The van der Waals surface area contributed by atoms with Crippen molar-refractivity contribution in [2.24, 2.45) is 0 Å². The minimum atomic E-state index is -1.03. The minimum Gasteiger partial charge on any atom is -0.508 e. The highest BCUT2D eigenvalue weighted by molar-refractivity contribution is 9.10. The fourth-order valence-electron chi connectivity index (χ4n) is 5.39. The summed E-state index contributed by atoms with van der Waals surface area (Å²) in [6.45, 7) is 4.22. The summed E-state index contributed by atoms with van der Waals surface area (Å²) in [6.07, 6.45) is 1.07. The molecule has 184 valence electrons. The van der Waals surface area contributed by atoms with Crippen molar-refractivity contribution in [3.8, 4) is 5.75 Å². The molecule has 35 heavy (non-hydrogen) atoms. The van der Waals surface area contributed by atoms with Gasteiger partial charge < -0.3 is 20.1 Å². The van der Waals surface area contributed by atoms with E-state index in [1.807, 2.05) is 31.2 Å². The number of halogens is 1. The van der Waals surface area contributed by atoms with Gasteiger partial charge in [-0.3, -0.25) is 14.6 Å². The highest BCUT2D eigenvalue weighted by Gasteiger charge is 2.60. The van der Waals surface area contributed by atoms with Crippen molar-refractivity contribution in [2.45, 2.75) is 31.3 Å². The van der Waals surface area contributed by atoms with Crippen LogP contribution in [0, 0.1) is 0 Å². The van der Waals surface area contributed by atoms with Gasteiger partial charge in [-0.1, -0.05) is 28.1 Å². The molecule has 3 amide bonds. The number of benzene rings is 2. The topological polar surface area (TPSA) is 97.9 Å². The first kappa shape index (κ1) is 23.8. The summed E-state index contributed by atoms with van der Waals surface area (Å²) in [6, 6.07) is 12.1. The van der Waals surface area contributed by atoms with Crippen molar-refractivity contribution in [3.63, 3.8) is 0 Å². The lowest BCUT2D eigenvalue weighted by Crippen LogP contribution is -2.53. The van der Waals surface area contributed by atoms with Crippen LogP contribution in [0.1, 0.15) is 36.2 Å². The van der Waals surface area contributed by atoms with Gasteiger partial charge in [0.15, 0.2) is 0 Å². The average Bonchev–Trinajstić information content (AvgIpc) is 3.27. The van der Waals surface area contributed by atoms with Crippen molar-refractivity contribution >= 4 is 38.8 Å². The lowest BCUT2D eigenvalue weighted by Gasteiger charge is -2.42. The number of carbonyl (C=O) groups is 2. The van der Waals surface area contributed by atoms with Crippen LogP contribution in [0.4, 0.5) is 4.79 Å². The highest BCUT2D eigenvalue weighted by Crippen LogP contribution is 2.49. The number of hydrogen-bond donors (Lipinski definition) is 3. The van der Waals surface area contributed by atoms with Crippen LogP contribution in [0.25, 0.3) is 10.9 Å². The first-order chi connectivity index (χ1) is 16.8.